The second-order valence-electron chi connectivity index (χ2n) is 21.0. The van der Waals surface area contributed by atoms with E-state index in [1.165, 1.54) is 88.3 Å². The van der Waals surface area contributed by atoms with Crippen molar-refractivity contribution in [2.45, 2.75) is 44.2 Å². The van der Waals surface area contributed by atoms with Gasteiger partial charge in [0.1, 0.15) is 22.6 Å². The minimum Gasteiger partial charge on any atom is -0.399 e. The predicted octanol–water partition coefficient (Wildman–Crippen LogP) is 11.9. The number of amides is 5. The molecule has 6 aromatic heterocycles. The van der Waals surface area contributed by atoms with Crippen LogP contribution in [0.5, 0.6) is 0 Å². The maximum absolute atomic E-state index is 13.6. The van der Waals surface area contributed by atoms with E-state index < -0.39 is 52.9 Å². The fourth-order valence-corrected chi connectivity index (χ4v) is 9.83. The number of benzene rings is 3. The number of nitrogens with two attached hydrogens (primary N) is 1. The molecule has 8 heterocycles. The highest BCUT2D eigenvalue weighted by atomic mass is 35.5. The van der Waals surface area contributed by atoms with Gasteiger partial charge in [0.2, 0.25) is 11.8 Å². The molecule has 12 rings (SSSR count). The van der Waals surface area contributed by atoms with Gasteiger partial charge in [0.05, 0.1) is 63.7 Å². The number of hydrogen-bond acceptors (Lipinski definition) is 18. The Bertz CT molecular complexity index is 4330. The fraction of sp³-hybridized carbons (Fsp3) is 0.156. The van der Waals surface area contributed by atoms with Gasteiger partial charge in [0.25, 0.3) is 17.7 Å². The highest BCUT2D eigenvalue weighted by molar-refractivity contribution is 6.29. The van der Waals surface area contributed by atoms with E-state index in [0.717, 1.165) is 34.0 Å². The first-order valence-corrected chi connectivity index (χ1v) is 28.9. The number of aromatic nitrogens is 6. The van der Waals surface area contributed by atoms with Crippen molar-refractivity contribution in [2.75, 3.05) is 64.1 Å². The van der Waals surface area contributed by atoms with Crippen molar-refractivity contribution in [3.63, 3.8) is 0 Å². The zero-order chi connectivity index (χ0) is 69.9. The van der Waals surface area contributed by atoms with Gasteiger partial charge in [-0.2, -0.15) is 39.5 Å². The Balaban J connectivity index is 0.000000160. The first kappa shape index (κ1) is 69.4. The molecule has 500 valence electrons. The lowest BCUT2D eigenvalue weighted by atomic mass is 10.1. The van der Waals surface area contributed by atoms with Crippen molar-refractivity contribution in [2.24, 2.45) is 0 Å². The van der Waals surface area contributed by atoms with Crippen LogP contribution in [0.2, 0.25) is 5.15 Å². The van der Waals surface area contributed by atoms with Gasteiger partial charge in [-0.25, -0.2) is 29.9 Å². The van der Waals surface area contributed by atoms with Crippen molar-refractivity contribution < 1.29 is 68.3 Å². The van der Waals surface area contributed by atoms with Gasteiger partial charge in [-0.05, 0) is 101 Å². The third kappa shape index (κ3) is 17.6. The number of Topliss-reactive ketones (excluding diaryl/α,β-unsaturated/α-hetero) is 1. The molecule has 0 bridgehead atoms. The number of carbonyl (C=O) groups is 6. The van der Waals surface area contributed by atoms with Gasteiger partial charge in [-0.15, -0.1) is 0 Å². The molecule has 0 saturated heterocycles. The summed E-state index contributed by atoms with van der Waals surface area (Å²) >= 11 is 5.65. The molecule has 12 N–H and O–H groups in total. The van der Waals surface area contributed by atoms with Crippen LogP contribution in [0.25, 0.3) is 0 Å². The van der Waals surface area contributed by atoms with E-state index in [1.54, 1.807) is 36.4 Å². The topological polar surface area (TPSA) is 326 Å². The Kier molecular flexibility index (Phi) is 21.1. The molecule has 97 heavy (non-hydrogen) atoms. The Labute approximate surface area is 549 Å². The number of rotatable bonds is 13. The molecule has 1 aliphatic carbocycles. The van der Waals surface area contributed by atoms with Crippen LogP contribution < -0.4 is 58.9 Å². The van der Waals surface area contributed by atoms with E-state index in [-0.39, 0.29) is 92.7 Å². The number of ketones is 1. The van der Waals surface area contributed by atoms with Gasteiger partial charge in [-0.3, -0.25) is 28.8 Å². The lowest BCUT2D eigenvalue weighted by Crippen LogP contribution is -2.21. The molecule has 0 atom stereocenters. The molecule has 0 spiro atoms. The molecule has 3 aliphatic rings. The number of fused-ring (bicyclic) bond motifs is 3. The summed E-state index contributed by atoms with van der Waals surface area (Å²) in [5, 5.41) is 26.2. The summed E-state index contributed by atoms with van der Waals surface area (Å²) in [5.41, 5.74) is 8.85. The largest absolute Gasteiger partial charge is 0.419 e. The van der Waals surface area contributed by atoms with E-state index in [1.807, 2.05) is 18.2 Å². The maximum atomic E-state index is 13.6. The molecule has 5 amide bonds. The van der Waals surface area contributed by atoms with Gasteiger partial charge in [0, 0.05) is 112 Å². The average Bonchev–Trinajstić information content (AvgIpc) is 1.66. The summed E-state index contributed by atoms with van der Waals surface area (Å²) < 4.78 is 120. The summed E-state index contributed by atoms with van der Waals surface area (Å²) in [5.74, 6) is -1.31. The standard InChI is InChI=1S/2C21H17F3N6O2.C13H10ClF3N4O.C9H9NO/c2*1-25-20(32)19-14(3-2-6-26-19)29-16-9-17(27-10-13(16)21(22,23)24)28-12-5-4-11-7-18(31)30-15(11)8-12;1-18-12(22)11-8(3-2-4-19-11)21-9-5-10(14)20-6-7(9)13(15,16)17;10-8-2-1-6-4-9(11)5-7(6)3-8/h2*2-6,8-10H,7H2,1H3,(H,25,32)(H,30,31)(H2,27,28,29);2-6H,1H3,(H,18,22)(H,20,21);1-3H,4-5,10H2. The molecule has 0 unspecified atom stereocenters. The van der Waals surface area contributed by atoms with Crippen LogP contribution in [0, 0.1) is 0 Å². The van der Waals surface area contributed by atoms with Crippen molar-refractivity contribution in [1.29, 1.82) is 0 Å². The van der Waals surface area contributed by atoms with Crippen molar-refractivity contribution in [3.05, 3.63) is 208 Å². The number of nitrogens with zero attached hydrogens (tertiary/aromatic N) is 6. The number of pyridine rings is 6. The van der Waals surface area contributed by atoms with E-state index in [0.29, 0.717) is 60.0 Å². The zero-order valence-corrected chi connectivity index (χ0v) is 51.4. The quantitative estimate of drug-likeness (QED) is 0.0290. The normalized spacial score (nSPS) is 12.6. The fourth-order valence-electron chi connectivity index (χ4n) is 9.67. The number of halogens is 10. The monoisotopic (exact) mass is 1360 g/mol. The molecule has 0 saturated carbocycles. The molecule has 3 aromatic carbocycles. The number of hydrogen-bond donors (Lipinski definition) is 11. The third-order valence-corrected chi connectivity index (χ3v) is 14.4. The molecular formula is C64H53ClF9N17O6. The number of alkyl halides is 9. The Morgan fingerprint density at radius 1 is 0.433 bits per heavy atom. The lowest BCUT2D eigenvalue weighted by Gasteiger charge is -2.17. The van der Waals surface area contributed by atoms with Gasteiger partial charge in [-0.1, -0.05) is 29.8 Å². The molecule has 2 aliphatic heterocycles. The maximum Gasteiger partial charge on any atom is 0.419 e. The van der Waals surface area contributed by atoms with Gasteiger partial charge in [0.15, 0.2) is 17.1 Å². The van der Waals surface area contributed by atoms with Crippen LogP contribution in [-0.2, 0) is 58.6 Å². The van der Waals surface area contributed by atoms with Crippen molar-refractivity contribution in [1.82, 2.24) is 45.9 Å². The number of nitrogen functional groups attached to an aromatic ring is 1. The first-order valence-electron chi connectivity index (χ1n) is 28.6. The molecule has 9 aromatic rings. The molecule has 0 fully saturated rings. The second-order valence-corrected chi connectivity index (χ2v) is 21.3. The summed E-state index contributed by atoms with van der Waals surface area (Å²) in [6, 6.07) is 28.2. The third-order valence-electron chi connectivity index (χ3n) is 14.2. The number of nitrogens with one attached hydrogen (secondary N) is 10. The second kappa shape index (κ2) is 29.5. The zero-order valence-electron chi connectivity index (χ0n) is 50.7. The van der Waals surface area contributed by atoms with Crippen molar-refractivity contribution >= 4 is 121 Å². The minimum absolute atomic E-state index is 0.0361. The van der Waals surface area contributed by atoms with E-state index >= 15 is 0 Å². The lowest BCUT2D eigenvalue weighted by molar-refractivity contribution is -0.138. The number of anilines is 13. The summed E-state index contributed by atoms with van der Waals surface area (Å²) in [4.78, 5) is 92.7. The van der Waals surface area contributed by atoms with Crippen LogP contribution in [0.15, 0.2) is 146 Å². The highest BCUT2D eigenvalue weighted by Gasteiger charge is 2.37. The highest BCUT2D eigenvalue weighted by Crippen LogP contribution is 2.41. The minimum atomic E-state index is -4.68. The van der Waals surface area contributed by atoms with E-state index in [9.17, 15) is 68.3 Å². The predicted molar refractivity (Wildman–Crippen MR) is 343 cm³/mol. The van der Waals surface area contributed by atoms with E-state index in [2.05, 4.69) is 83.1 Å². The van der Waals surface area contributed by atoms with Crippen LogP contribution >= 0.6 is 11.6 Å². The van der Waals surface area contributed by atoms with Gasteiger partial charge < -0.3 is 58.9 Å². The Hall–Kier alpha value is -12.0. The summed E-state index contributed by atoms with van der Waals surface area (Å²) in [6.45, 7) is 0. The molecule has 0 radical (unpaired) electrons. The first-order chi connectivity index (χ1) is 46.1. The summed E-state index contributed by atoms with van der Waals surface area (Å²) in [7, 11) is 4.19. The van der Waals surface area contributed by atoms with Crippen LogP contribution in [-0.4, -0.2) is 86.4 Å². The SMILES string of the molecule is CNC(=O)c1ncccc1Nc1cc(Cl)ncc1C(F)(F)F.CNC(=O)c1ncccc1Nc1cc(Nc2ccc3c(c2)NC(=O)C3)ncc1C(F)(F)F.CNC(=O)c1ncccc1Nc1cc(Nc2ccc3c(c2)NC(=O)C3)ncc1C(F)(F)F.Nc1ccc2c(c1)CC(=O)C2. The average molecular weight is 1360 g/mol. The molecule has 23 nitrogen and oxygen atoms in total. The van der Waals surface area contributed by atoms with E-state index in [4.69, 9.17) is 17.3 Å². The molecular weight excluding hydrogens is 1310 g/mol. The summed E-state index contributed by atoms with van der Waals surface area (Å²) in [6.07, 6.45) is -6.12. The van der Waals surface area contributed by atoms with Crippen molar-refractivity contribution in [3.8, 4) is 0 Å². The molecule has 33 heteroatoms. The number of carbonyl (C=O) groups excluding carboxylic acids is 6. The van der Waals surface area contributed by atoms with Gasteiger partial charge >= 0.3 is 18.5 Å². The van der Waals surface area contributed by atoms with Crippen LogP contribution in [0.3, 0.4) is 0 Å². The van der Waals surface area contributed by atoms with Crippen LogP contribution in [0.4, 0.5) is 114 Å². The Morgan fingerprint density at radius 3 is 1.20 bits per heavy atom. The smallest absolute Gasteiger partial charge is 0.399 e. The van der Waals surface area contributed by atoms with Crippen LogP contribution in [0.1, 0.15) is 70.4 Å². The Morgan fingerprint density at radius 2 is 0.804 bits per heavy atom.